The fraction of sp³-hybridized carbons (Fsp3) is 0.200. The van der Waals surface area contributed by atoms with Crippen molar-refractivity contribution >= 4 is 22.9 Å². The van der Waals surface area contributed by atoms with Gasteiger partial charge in [-0.05, 0) is 18.2 Å². The Hall–Kier alpha value is -0.970. The third-order valence-corrected chi connectivity index (χ3v) is 3.16. The predicted molar refractivity (Wildman–Crippen MR) is 60.0 cm³/mol. The highest BCUT2D eigenvalue weighted by atomic mass is 35.5. The van der Waals surface area contributed by atoms with Gasteiger partial charge in [-0.3, -0.25) is 0 Å². The van der Waals surface area contributed by atoms with Gasteiger partial charge in [0.1, 0.15) is 6.10 Å². The number of rotatable bonds is 3. The van der Waals surface area contributed by atoms with E-state index in [0.29, 0.717) is 12.2 Å². The Labute approximate surface area is 96.4 Å². The maximum Gasteiger partial charge on any atom is 0.157 e. The van der Waals surface area contributed by atoms with Gasteiger partial charge in [0, 0.05) is 23.7 Å². The predicted octanol–water partition coefficient (Wildman–Crippen LogP) is 2.47. The van der Waals surface area contributed by atoms with Crippen LogP contribution in [0.4, 0.5) is 0 Å². The minimum Gasteiger partial charge on any atom is -0.385 e. The maximum absolute atomic E-state index is 9.82. The second-order valence-corrected chi connectivity index (χ2v) is 4.83. The second-order valence-electron chi connectivity index (χ2n) is 3.03. The Morgan fingerprint density at radius 1 is 1.33 bits per heavy atom. The Bertz CT molecular complexity index is 432. The number of aliphatic hydroxyl groups excluding tert-OH is 1. The molecule has 0 spiro atoms. The van der Waals surface area contributed by atoms with Gasteiger partial charge in [0.25, 0.3) is 0 Å². The molecule has 5 heteroatoms. The van der Waals surface area contributed by atoms with Gasteiger partial charge in [0.05, 0.1) is 4.34 Å². The van der Waals surface area contributed by atoms with Crippen molar-refractivity contribution in [1.82, 2.24) is 9.97 Å². The second kappa shape index (κ2) is 4.70. The van der Waals surface area contributed by atoms with Crippen LogP contribution >= 0.6 is 22.9 Å². The minimum absolute atomic E-state index is 0.446. The zero-order valence-corrected chi connectivity index (χ0v) is 9.37. The zero-order chi connectivity index (χ0) is 10.7. The van der Waals surface area contributed by atoms with E-state index in [2.05, 4.69) is 9.97 Å². The lowest BCUT2D eigenvalue weighted by molar-refractivity contribution is 0.169. The first-order valence-corrected chi connectivity index (χ1v) is 5.64. The molecule has 1 atom stereocenters. The van der Waals surface area contributed by atoms with Crippen molar-refractivity contribution in [2.75, 3.05) is 0 Å². The molecule has 0 bridgehead atoms. The van der Waals surface area contributed by atoms with E-state index in [9.17, 15) is 5.11 Å². The van der Waals surface area contributed by atoms with Gasteiger partial charge in [-0.15, -0.1) is 11.3 Å². The van der Waals surface area contributed by atoms with Crippen molar-refractivity contribution in [3.63, 3.8) is 0 Å². The lowest BCUT2D eigenvalue weighted by atomic mass is 10.2. The molecule has 2 aromatic heterocycles. The fourth-order valence-electron chi connectivity index (χ4n) is 1.23. The molecule has 0 aromatic carbocycles. The summed E-state index contributed by atoms with van der Waals surface area (Å²) in [6, 6.07) is 5.44. The number of hydrogen-bond donors (Lipinski definition) is 1. The van der Waals surface area contributed by atoms with Crippen LogP contribution in [0.3, 0.4) is 0 Å². The summed E-state index contributed by atoms with van der Waals surface area (Å²) >= 11 is 7.26. The fourth-order valence-corrected chi connectivity index (χ4v) is 2.35. The van der Waals surface area contributed by atoms with E-state index in [1.807, 2.05) is 12.1 Å². The SMILES string of the molecule is OC(Cc1ccc(Cl)s1)c1ncccn1. The average Bonchev–Trinajstić information content (AvgIpc) is 2.65. The van der Waals surface area contributed by atoms with Crippen LogP contribution in [0.1, 0.15) is 16.8 Å². The third kappa shape index (κ3) is 2.75. The summed E-state index contributed by atoms with van der Waals surface area (Å²) in [6.07, 6.45) is 3.07. The molecular weight excluding hydrogens is 232 g/mol. The van der Waals surface area contributed by atoms with E-state index < -0.39 is 6.10 Å². The first-order chi connectivity index (χ1) is 7.25. The summed E-state index contributed by atoms with van der Waals surface area (Å²) in [5.41, 5.74) is 0. The lowest BCUT2D eigenvalue weighted by Gasteiger charge is -2.06. The number of hydrogen-bond acceptors (Lipinski definition) is 4. The summed E-state index contributed by atoms with van der Waals surface area (Å²) in [4.78, 5) is 9.01. The van der Waals surface area contributed by atoms with Crippen LogP contribution < -0.4 is 0 Å². The van der Waals surface area contributed by atoms with Crippen LogP contribution in [0, 0.1) is 0 Å². The van der Waals surface area contributed by atoms with Crippen LogP contribution in [0.2, 0.25) is 4.34 Å². The van der Waals surface area contributed by atoms with E-state index in [1.54, 1.807) is 18.5 Å². The van der Waals surface area contributed by atoms with Crippen LogP contribution in [-0.4, -0.2) is 15.1 Å². The Morgan fingerprint density at radius 2 is 2.07 bits per heavy atom. The van der Waals surface area contributed by atoms with Crippen molar-refractivity contribution in [2.24, 2.45) is 0 Å². The van der Waals surface area contributed by atoms with E-state index in [-0.39, 0.29) is 0 Å². The molecule has 1 unspecified atom stereocenters. The summed E-state index contributed by atoms with van der Waals surface area (Å²) < 4.78 is 0.728. The molecule has 1 N–H and O–H groups in total. The molecule has 3 nitrogen and oxygen atoms in total. The van der Waals surface area contributed by atoms with Gasteiger partial charge in [0.2, 0.25) is 0 Å². The molecule has 78 valence electrons. The normalized spacial score (nSPS) is 12.7. The van der Waals surface area contributed by atoms with E-state index in [1.165, 1.54) is 11.3 Å². The quantitative estimate of drug-likeness (QED) is 0.897. The molecule has 0 fully saturated rings. The van der Waals surface area contributed by atoms with Gasteiger partial charge in [0.15, 0.2) is 5.82 Å². The first kappa shape index (κ1) is 10.5. The topological polar surface area (TPSA) is 46.0 Å². The smallest absolute Gasteiger partial charge is 0.157 e. The Balaban J connectivity index is 2.07. The first-order valence-electron chi connectivity index (χ1n) is 4.45. The maximum atomic E-state index is 9.82. The Kier molecular flexibility index (Phi) is 3.30. The number of nitrogens with zero attached hydrogens (tertiary/aromatic N) is 2. The molecule has 0 aliphatic heterocycles. The van der Waals surface area contributed by atoms with Crippen LogP contribution in [0.25, 0.3) is 0 Å². The number of thiophene rings is 1. The van der Waals surface area contributed by atoms with Gasteiger partial charge in [-0.2, -0.15) is 0 Å². The Morgan fingerprint density at radius 3 is 2.67 bits per heavy atom. The molecule has 0 saturated carbocycles. The number of halogens is 1. The lowest BCUT2D eigenvalue weighted by Crippen LogP contribution is -2.05. The highest BCUT2D eigenvalue weighted by Crippen LogP contribution is 2.25. The zero-order valence-electron chi connectivity index (χ0n) is 7.80. The number of aromatic nitrogens is 2. The van der Waals surface area contributed by atoms with Crippen molar-refractivity contribution < 1.29 is 5.11 Å². The molecule has 2 aromatic rings. The van der Waals surface area contributed by atoms with Crippen molar-refractivity contribution in [1.29, 1.82) is 0 Å². The van der Waals surface area contributed by atoms with Gasteiger partial charge in [-0.25, -0.2) is 9.97 Å². The van der Waals surface area contributed by atoms with Crippen LogP contribution in [0.15, 0.2) is 30.6 Å². The molecule has 2 rings (SSSR count). The standard InChI is InChI=1S/C10H9ClN2OS/c11-9-3-2-7(15-9)6-8(14)10-12-4-1-5-13-10/h1-5,8,14H,6H2. The molecule has 0 aliphatic carbocycles. The summed E-state index contributed by atoms with van der Waals surface area (Å²) in [5, 5.41) is 9.82. The summed E-state index contributed by atoms with van der Waals surface area (Å²) in [5.74, 6) is 0.446. The van der Waals surface area contributed by atoms with E-state index in [4.69, 9.17) is 11.6 Å². The van der Waals surface area contributed by atoms with Crippen LogP contribution in [-0.2, 0) is 6.42 Å². The highest BCUT2D eigenvalue weighted by Gasteiger charge is 2.12. The molecule has 0 saturated heterocycles. The van der Waals surface area contributed by atoms with Crippen LogP contribution in [0.5, 0.6) is 0 Å². The van der Waals surface area contributed by atoms with E-state index in [0.717, 1.165) is 9.21 Å². The molecule has 0 aliphatic rings. The molecular formula is C10H9ClN2OS. The largest absolute Gasteiger partial charge is 0.385 e. The molecule has 0 amide bonds. The minimum atomic E-state index is -0.666. The van der Waals surface area contributed by atoms with Gasteiger partial charge in [-0.1, -0.05) is 11.6 Å². The third-order valence-electron chi connectivity index (χ3n) is 1.91. The van der Waals surface area contributed by atoms with Gasteiger partial charge >= 0.3 is 0 Å². The number of aliphatic hydroxyl groups is 1. The monoisotopic (exact) mass is 240 g/mol. The average molecular weight is 241 g/mol. The molecule has 15 heavy (non-hydrogen) atoms. The molecule has 0 radical (unpaired) electrons. The highest BCUT2D eigenvalue weighted by molar-refractivity contribution is 7.16. The molecule has 2 heterocycles. The van der Waals surface area contributed by atoms with Crippen molar-refractivity contribution in [3.8, 4) is 0 Å². The van der Waals surface area contributed by atoms with Crippen molar-refractivity contribution in [3.05, 3.63) is 45.6 Å². The van der Waals surface area contributed by atoms with Gasteiger partial charge < -0.3 is 5.11 Å². The summed E-state index contributed by atoms with van der Waals surface area (Å²) in [7, 11) is 0. The van der Waals surface area contributed by atoms with Crippen molar-refractivity contribution in [2.45, 2.75) is 12.5 Å². The summed E-state index contributed by atoms with van der Waals surface area (Å²) in [6.45, 7) is 0. The van der Waals surface area contributed by atoms with E-state index >= 15 is 0 Å².